The van der Waals surface area contributed by atoms with Crippen molar-refractivity contribution in [2.24, 2.45) is 10.1 Å². The van der Waals surface area contributed by atoms with E-state index in [1.165, 1.54) is 11.9 Å². The molecular weight excluding hydrogens is 308 g/mol. The minimum atomic E-state index is -0.541. The van der Waals surface area contributed by atoms with Crippen molar-refractivity contribution in [3.63, 3.8) is 0 Å². The number of hydrazone groups is 1. The molecule has 0 spiro atoms. The van der Waals surface area contributed by atoms with E-state index in [0.29, 0.717) is 5.96 Å². The van der Waals surface area contributed by atoms with Crippen LogP contribution in [0.25, 0.3) is 0 Å². The number of nitrogens with zero attached hydrogens (tertiary/aromatic N) is 5. The van der Waals surface area contributed by atoms with Crippen LogP contribution in [0.4, 0.5) is 4.79 Å². The smallest absolute Gasteiger partial charge is 0.328 e. The van der Waals surface area contributed by atoms with Crippen molar-refractivity contribution in [2.45, 2.75) is 19.1 Å². The lowest BCUT2D eigenvalue weighted by atomic mass is 10.1. The van der Waals surface area contributed by atoms with E-state index >= 15 is 0 Å². The highest BCUT2D eigenvalue weighted by Gasteiger charge is 2.49. The van der Waals surface area contributed by atoms with Gasteiger partial charge in [0.1, 0.15) is 0 Å². The second kappa shape index (κ2) is 5.95. The molecular formula is C16H20N6O2. The van der Waals surface area contributed by atoms with Gasteiger partial charge in [-0.3, -0.25) is 9.69 Å². The summed E-state index contributed by atoms with van der Waals surface area (Å²) < 4.78 is 0. The van der Waals surface area contributed by atoms with E-state index in [0.717, 1.165) is 16.2 Å². The summed E-state index contributed by atoms with van der Waals surface area (Å²) in [6.45, 7) is 1.89. The molecule has 1 aromatic rings. The number of fused-ring (bicyclic) bond motifs is 1. The predicted octanol–water partition coefficient (Wildman–Crippen LogP) is 0.520. The average molecular weight is 328 g/mol. The van der Waals surface area contributed by atoms with Crippen LogP contribution in [0.1, 0.15) is 12.5 Å². The summed E-state index contributed by atoms with van der Waals surface area (Å²) in [7, 11) is 4.88. The number of hydrogen-bond acceptors (Lipinski definition) is 6. The summed E-state index contributed by atoms with van der Waals surface area (Å²) in [4.78, 5) is 33.2. The predicted molar refractivity (Wildman–Crippen MR) is 90.5 cm³/mol. The molecule has 0 saturated carbocycles. The molecule has 0 radical (unpaired) electrons. The zero-order valence-electron chi connectivity index (χ0n) is 14.1. The van der Waals surface area contributed by atoms with Crippen molar-refractivity contribution in [1.82, 2.24) is 20.1 Å². The number of hydrogen-bond donors (Lipinski definition) is 1. The topological polar surface area (TPSA) is 80.6 Å². The molecule has 0 aliphatic carbocycles. The van der Waals surface area contributed by atoms with Crippen LogP contribution in [0.15, 0.2) is 40.4 Å². The second-order valence-corrected chi connectivity index (χ2v) is 5.89. The highest BCUT2D eigenvalue weighted by molar-refractivity contribution is 6.04. The van der Waals surface area contributed by atoms with Gasteiger partial charge in [-0.05, 0) is 12.5 Å². The maximum Gasteiger partial charge on any atom is 0.328 e. The van der Waals surface area contributed by atoms with Crippen LogP contribution in [0, 0.1) is 0 Å². The SMILES string of the molecule is C/C(=N\NC1=NC2C(C(=O)N(C)C(=O)N2C)N1C)c1ccccc1. The van der Waals surface area contributed by atoms with Gasteiger partial charge in [0, 0.05) is 21.1 Å². The largest absolute Gasteiger partial charge is 0.329 e. The lowest BCUT2D eigenvalue weighted by Gasteiger charge is -2.38. The Balaban J connectivity index is 1.81. The summed E-state index contributed by atoms with van der Waals surface area (Å²) >= 11 is 0. The zero-order chi connectivity index (χ0) is 17.4. The fraction of sp³-hybridized carbons (Fsp3) is 0.375. The zero-order valence-corrected chi connectivity index (χ0v) is 14.1. The van der Waals surface area contributed by atoms with Gasteiger partial charge >= 0.3 is 6.03 Å². The number of benzene rings is 1. The van der Waals surface area contributed by atoms with Gasteiger partial charge < -0.3 is 9.80 Å². The number of carbonyl (C=O) groups is 2. The lowest BCUT2D eigenvalue weighted by Crippen LogP contribution is -2.63. The first-order valence-corrected chi connectivity index (χ1v) is 7.62. The van der Waals surface area contributed by atoms with E-state index < -0.39 is 12.2 Å². The minimum absolute atomic E-state index is 0.269. The van der Waals surface area contributed by atoms with Crippen molar-refractivity contribution >= 4 is 23.6 Å². The third-order valence-corrected chi connectivity index (χ3v) is 4.37. The lowest BCUT2D eigenvalue weighted by molar-refractivity contribution is -0.135. The molecule has 1 aromatic carbocycles. The monoisotopic (exact) mass is 328 g/mol. The third kappa shape index (κ3) is 2.49. The molecule has 2 aliphatic heterocycles. The first-order chi connectivity index (χ1) is 11.4. The van der Waals surface area contributed by atoms with E-state index in [4.69, 9.17) is 0 Å². The van der Waals surface area contributed by atoms with Gasteiger partial charge in [0.15, 0.2) is 12.2 Å². The van der Waals surface area contributed by atoms with Gasteiger partial charge in [0.25, 0.3) is 5.91 Å². The molecule has 1 saturated heterocycles. The Kier molecular flexibility index (Phi) is 3.96. The Bertz CT molecular complexity index is 729. The Morgan fingerprint density at radius 1 is 1.12 bits per heavy atom. The van der Waals surface area contributed by atoms with Gasteiger partial charge in [-0.15, -0.1) is 0 Å². The van der Waals surface area contributed by atoms with Crippen LogP contribution in [0.2, 0.25) is 0 Å². The van der Waals surface area contributed by atoms with E-state index in [1.807, 2.05) is 37.3 Å². The number of carbonyl (C=O) groups excluding carboxylic acids is 2. The number of amides is 3. The van der Waals surface area contributed by atoms with Crippen LogP contribution in [0.5, 0.6) is 0 Å². The average Bonchev–Trinajstić information content (AvgIpc) is 2.93. The summed E-state index contributed by atoms with van der Waals surface area (Å²) in [5, 5.41) is 4.34. The number of rotatable bonds is 2. The highest BCUT2D eigenvalue weighted by atomic mass is 16.2. The quantitative estimate of drug-likeness (QED) is 0.634. The molecule has 1 fully saturated rings. The highest BCUT2D eigenvalue weighted by Crippen LogP contribution is 2.25. The van der Waals surface area contributed by atoms with Crippen LogP contribution in [0.3, 0.4) is 0 Å². The standard InChI is InChI=1S/C16H20N6O2/c1-10(11-8-6-5-7-9-11)18-19-15-17-13-12(20(15)2)14(23)22(4)16(24)21(13)3/h5-9,12-13H,1-4H3,(H,17,19)/b18-10+. The van der Waals surface area contributed by atoms with E-state index in [1.54, 1.807) is 19.0 Å². The Morgan fingerprint density at radius 3 is 2.46 bits per heavy atom. The Labute approximate surface area is 140 Å². The van der Waals surface area contributed by atoms with E-state index in [9.17, 15) is 9.59 Å². The molecule has 2 atom stereocenters. The molecule has 0 bridgehead atoms. The molecule has 24 heavy (non-hydrogen) atoms. The maximum atomic E-state index is 12.4. The van der Waals surface area contributed by atoms with Crippen molar-refractivity contribution in [2.75, 3.05) is 21.1 Å². The Morgan fingerprint density at radius 2 is 1.79 bits per heavy atom. The van der Waals surface area contributed by atoms with E-state index in [2.05, 4.69) is 15.5 Å². The van der Waals surface area contributed by atoms with Gasteiger partial charge in [-0.2, -0.15) is 5.10 Å². The summed E-state index contributed by atoms with van der Waals surface area (Å²) in [5.41, 5.74) is 4.70. The fourth-order valence-electron chi connectivity index (χ4n) is 2.84. The molecule has 2 aliphatic rings. The number of imide groups is 1. The van der Waals surface area contributed by atoms with Crippen molar-refractivity contribution in [1.29, 1.82) is 0 Å². The molecule has 0 aromatic heterocycles. The van der Waals surface area contributed by atoms with Crippen LogP contribution in [-0.4, -0.2) is 71.7 Å². The summed E-state index contributed by atoms with van der Waals surface area (Å²) in [6.07, 6.45) is -0.541. The molecule has 2 unspecified atom stereocenters. The minimum Gasteiger partial charge on any atom is -0.329 e. The Hall–Kier alpha value is -2.90. The van der Waals surface area contributed by atoms with Crippen molar-refractivity contribution < 1.29 is 9.59 Å². The van der Waals surface area contributed by atoms with Gasteiger partial charge in [0.05, 0.1) is 5.71 Å². The van der Waals surface area contributed by atoms with Gasteiger partial charge in [0.2, 0.25) is 5.96 Å². The summed E-state index contributed by atoms with van der Waals surface area (Å²) in [5.74, 6) is 0.193. The number of likely N-dealkylation sites (N-methyl/N-ethyl adjacent to an activating group) is 3. The third-order valence-electron chi connectivity index (χ3n) is 4.37. The molecule has 8 heteroatoms. The van der Waals surface area contributed by atoms with Crippen LogP contribution < -0.4 is 5.43 Å². The first kappa shape index (κ1) is 16.0. The van der Waals surface area contributed by atoms with Crippen LogP contribution >= 0.6 is 0 Å². The first-order valence-electron chi connectivity index (χ1n) is 7.62. The maximum absolute atomic E-state index is 12.4. The van der Waals surface area contributed by atoms with Gasteiger partial charge in [-0.25, -0.2) is 15.2 Å². The van der Waals surface area contributed by atoms with Crippen molar-refractivity contribution in [3.05, 3.63) is 35.9 Å². The van der Waals surface area contributed by atoms with Gasteiger partial charge in [-0.1, -0.05) is 30.3 Å². The molecule has 1 N–H and O–H groups in total. The molecule has 3 amide bonds. The number of nitrogens with one attached hydrogen (secondary N) is 1. The molecule has 3 rings (SSSR count). The molecule has 8 nitrogen and oxygen atoms in total. The molecule has 2 heterocycles. The second-order valence-electron chi connectivity index (χ2n) is 5.89. The number of guanidine groups is 1. The van der Waals surface area contributed by atoms with Crippen molar-refractivity contribution in [3.8, 4) is 0 Å². The fourth-order valence-corrected chi connectivity index (χ4v) is 2.84. The number of aliphatic imine (C=N–C) groups is 1. The normalized spacial score (nSPS) is 24.2. The van der Waals surface area contributed by atoms with E-state index in [-0.39, 0.29) is 11.9 Å². The van der Waals surface area contributed by atoms with Crippen LogP contribution in [-0.2, 0) is 4.79 Å². The summed E-state index contributed by atoms with van der Waals surface area (Å²) in [6, 6.07) is 8.86. The molecule has 126 valence electrons. The number of urea groups is 1.